The number of aryl methyl sites for hydroxylation is 1. The van der Waals surface area contributed by atoms with Gasteiger partial charge in [-0.15, -0.1) is 0 Å². The van der Waals surface area contributed by atoms with Gasteiger partial charge in [-0.3, -0.25) is 0 Å². The summed E-state index contributed by atoms with van der Waals surface area (Å²) in [6.45, 7) is 3.92. The molecule has 0 fully saturated rings. The number of carboxylic acid groups (broad SMARTS) is 1. The first kappa shape index (κ1) is 17.0. The van der Waals surface area contributed by atoms with Crippen molar-refractivity contribution in [3.8, 4) is 0 Å². The highest BCUT2D eigenvalue weighted by atomic mass is 32.2. The third kappa shape index (κ3) is 4.50. The molecule has 0 radical (unpaired) electrons. The zero-order valence-corrected chi connectivity index (χ0v) is 13.3. The summed E-state index contributed by atoms with van der Waals surface area (Å²) in [5.74, 6) is -0.0592. The van der Waals surface area contributed by atoms with E-state index in [1.165, 1.54) is 18.2 Å². The molecule has 0 saturated carbocycles. The first-order chi connectivity index (χ1) is 9.27. The number of sulfonamides is 1. The van der Waals surface area contributed by atoms with Crippen molar-refractivity contribution in [2.24, 2.45) is 5.92 Å². The largest absolute Gasteiger partial charge is 0.478 e. The summed E-state index contributed by atoms with van der Waals surface area (Å²) in [6.07, 6.45) is 1.96. The lowest BCUT2D eigenvalue weighted by Crippen LogP contribution is -2.29. The Morgan fingerprint density at radius 2 is 2.10 bits per heavy atom. The summed E-state index contributed by atoms with van der Waals surface area (Å²) < 4.78 is 26.7. The average Bonchev–Trinajstić information content (AvgIpc) is 2.37. The summed E-state index contributed by atoms with van der Waals surface area (Å²) in [6, 6.07) is 4.12. The van der Waals surface area contributed by atoms with Gasteiger partial charge in [0.05, 0.1) is 10.5 Å². The Kier molecular flexibility index (Phi) is 6.04. The lowest BCUT2D eigenvalue weighted by atomic mass is 10.1. The van der Waals surface area contributed by atoms with Crippen LogP contribution in [0.2, 0.25) is 0 Å². The van der Waals surface area contributed by atoms with Gasteiger partial charge in [-0.1, -0.05) is 13.0 Å². The van der Waals surface area contributed by atoms with Crippen LogP contribution in [0.15, 0.2) is 23.1 Å². The maximum Gasteiger partial charge on any atom is 0.335 e. The number of benzene rings is 1. The van der Waals surface area contributed by atoms with E-state index >= 15 is 0 Å². The van der Waals surface area contributed by atoms with Gasteiger partial charge in [0.15, 0.2) is 0 Å². The number of rotatable bonds is 7. The molecular formula is C13H19NO4S2. The van der Waals surface area contributed by atoms with E-state index < -0.39 is 16.0 Å². The molecule has 0 aliphatic carbocycles. The second-order valence-corrected chi connectivity index (χ2v) is 7.37. The molecule has 5 nitrogen and oxygen atoms in total. The number of aromatic carboxylic acids is 1. The molecule has 2 N–H and O–H groups in total. The zero-order chi connectivity index (χ0) is 15.3. The Morgan fingerprint density at radius 1 is 1.45 bits per heavy atom. The van der Waals surface area contributed by atoms with E-state index in [1.54, 1.807) is 18.7 Å². The first-order valence-electron chi connectivity index (χ1n) is 6.10. The fourth-order valence-corrected chi connectivity index (χ4v) is 3.56. The van der Waals surface area contributed by atoms with Crippen molar-refractivity contribution in [2.75, 3.05) is 18.6 Å². The van der Waals surface area contributed by atoms with Crippen molar-refractivity contribution in [3.63, 3.8) is 0 Å². The smallest absolute Gasteiger partial charge is 0.335 e. The van der Waals surface area contributed by atoms with Crippen molar-refractivity contribution in [3.05, 3.63) is 29.3 Å². The van der Waals surface area contributed by atoms with Crippen molar-refractivity contribution >= 4 is 27.8 Å². The van der Waals surface area contributed by atoms with Gasteiger partial charge in [-0.05, 0) is 42.5 Å². The Morgan fingerprint density at radius 3 is 2.65 bits per heavy atom. The van der Waals surface area contributed by atoms with Crippen LogP contribution in [0, 0.1) is 12.8 Å². The standard InChI is InChI=1S/C13H19NO4S2/c1-9(8-19-3)7-14-20(17,18)11-5-4-10(2)12(6-11)13(15)16/h4-6,9,14H,7-8H2,1-3H3,(H,15,16). The van der Waals surface area contributed by atoms with Crippen LogP contribution in [0.25, 0.3) is 0 Å². The van der Waals surface area contributed by atoms with Crippen molar-refractivity contribution in [1.82, 2.24) is 4.72 Å². The number of hydrogen-bond acceptors (Lipinski definition) is 4. The van der Waals surface area contributed by atoms with E-state index in [4.69, 9.17) is 5.11 Å². The third-order valence-corrected chi connectivity index (χ3v) is 5.15. The van der Waals surface area contributed by atoms with Crippen LogP contribution in [-0.2, 0) is 10.0 Å². The summed E-state index contributed by atoms with van der Waals surface area (Å²) in [5, 5.41) is 9.03. The minimum absolute atomic E-state index is 0.00466. The Hall–Kier alpha value is -1.05. The van der Waals surface area contributed by atoms with Crippen molar-refractivity contribution < 1.29 is 18.3 Å². The van der Waals surface area contributed by atoms with Gasteiger partial charge in [-0.2, -0.15) is 11.8 Å². The SMILES string of the molecule is CSCC(C)CNS(=O)(=O)c1ccc(C)c(C(=O)O)c1. The van der Waals surface area contributed by atoms with E-state index in [9.17, 15) is 13.2 Å². The summed E-state index contributed by atoms with van der Waals surface area (Å²) >= 11 is 1.65. The van der Waals surface area contributed by atoms with Crippen LogP contribution >= 0.6 is 11.8 Å². The zero-order valence-electron chi connectivity index (χ0n) is 11.7. The van der Waals surface area contributed by atoms with Gasteiger partial charge < -0.3 is 5.11 Å². The van der Waals surface area contributed by atoms with E-state index in [-0.39, 0.29) is 16.4 Å². The molecule has 7 heteroatoms. The molecule has 0 aliphatic heterocycles. The molecule has 0 aliphatic rings. The van der Waals surface area contributed by atoms with Crippen LogP contribution in [-0.4, -0.2) is 38.0 Å². The van der Waals surface area contributed by atoms with Crippen LogP contribution in [0.3, 0.4) is 0 Å². The Balaban J connectivity index is 2.93. The fraction of sp³-hybridized carbons (Fsp3) is 0.462. The second kappa shape index (κ2) is 7.10. The molecule has 1 unspecified atom stereocenters. The number of hydrogen-bond donors (Lipinski definition) is 2. The summed E-state index contributed by atoms with van der Waals surface area (Å²) in [7, 11) is -3.67. The van der Waals surface area contributed by atoms with Gasteiger partial charge in [0.2, 0.25) is 10.0 Å². The predicted molar refractivity (Wildman–Crippen MR) is 80.9 cm³/mol. The minimum atomic E-state index is -3.67. The lowest BCUT2D eigenvalue weighted by molar-refractivity contribution is 0.0696. The number of carboxylic acids is 1. The highest BCUT2D eigenvalue weighted by molar-refractivity contribution is 7.98. The number of nitrogens with one attached hydrogen (secondary N) is 1. The molecule has 112 valence electrons. The van der Waals surface area contributed by atoms with Gasteiger partial charge >= 0.3 is 5.97 Å². The highest BCUT2D eigenvalue weighted by Crippen LogP contribution is 2.16. The Bertz CT molecular complexity index is 584. The fourth-order valence-electron chi connectivity index (χ4n) is 1.68. The van der Waals surface area contributed by atoms with Crippen molar-refractivity contribution in [1.29, 1.82) is 0 Å². The minimum Gasteiger partial charge on any atom is -0.478 e. The van der Waals surface area contributed by atoms with E-state index in [0.717, 1.165) is 5.75 Å². The van der Waals surface area contributed by atoms with E-state index in [2.05, 4.69) is 4.72 Å². The highest BCUT2D eigenvalue weighted by Gasteiger charge is 2.18. The molecule has 20 heavy (non-hydrogen) atoms. The maximum atomic E-state index is 12.1. The van der Waals surface area contributed by atoms with E-state index in [0.29, 0.717) is 12.1 Å². The van der Waals surface area contributed by atoms with Gasteiger partial charge in [0, 0.05) is 6.54 Å². The van der Waals surface area contributed by atoms with Gasteiger partial charge in [0.25, 0.3) is 0 Å². The second-order valence-electron chi connectivity index (χ2n) is 4.69. The predicted octanol–water partition coefficient (Wildman–Crippen LogP) is 1.97. The molecule has 0 aromatic heterocycles. The van der Waals surface area contributed by atoms with Crippen LogP contribution < -0.4 is 4.72 Å². The molecule has 1 aromatic rings. The quantitative estimate of drug-likeness (QED) is 0.803. The number of carbonyl (C=O) groups is 1. The number of thioether (sulfide) groups is 1. The van der Waals surface area contributed by atoms with Crippen LogP contribution in [0.5, 0.6) is 0 Å². The molecule has 0 heterocycles. The molecule has 0 saturated heterocycles. The molecule has 1 atom stereocenters. The molecule has 1 aromatic carbocycles. The average molecular weight is 317 g/mol. The lowest BCUT2D eigenvalue weighted by Gasteiger charge is -2.12. The molecule has 0 spiro atoms. The van der Waals surface area contributed by atoms with Crippen molar-refractivity contribution in [2.45, 2.75) is 18.7 Å². The normalized spacial score (nSPS) is 13.2. The van der Waals surface area contributed by atoms with E-state index in [1.807, 2.05) is 13.2 Å². The molecule has 0 amide bonds. The van der Waals surface area contributed by atoms with Crippen LogP contribution in [0.1, 0.15) is 22.8 Å². The topological polar surface area (TPSA) is 83.5 Å². The monoisotopic (exact) mass is 317 g/mol. The van der Waals surface area contributed by atoms with Gasteiger partial charge in [-0.25, -0.2) is 17.9 Å². The summed E-state index contributed by atoms with van der Waals surface area (Å²) in [5.41, 5.74) is 0.539. The molecular weight excluding hydrogens is 298 g/mol. The molecule has 0 bridgehead atoms. The molecule has 1 rings (SSSR count). The maximum absolute atomic E-state index is 12.1. The van der Waals surface area contributed by atoms with Gasteiger partial charge in [0.1, 0.15) is 0 Å². The van der Waals surface area contributed by atoms with Crippen LogP contribution in [0.4, 0.5) is 0 Å². The third-order valence-electron chi connectivity index (χ3n) is 2.82. The Labute approximate surface area is 123 Å². The summed E-state index contributed by atoms with van der Waals surface area (Å²) in [4.78, 5) is 11.0. The first-order valence-corrected chi connectivity index (χ1v) is 8.98.